The van der Waals surface area contributed by atoms with E-state index in [2.05, 4.69) is 23.2 Å². The molecule has 1 unspecified atom stereocenters. The Kier molecular flexibility index (Phi) is 5.97. The van der Waals surface area contributed by atoms with Crippen LogP contribution in [-0.2, 0) is 4.74 Å². The molecule has 29 heavy (non-hydrogen) atoms. The highest BCUT2D eigenvalue weighted by atomic mass is 35.5. The molecule has 2 aliphatic carbocycles. The normalized spacial score (nSPS) is 43.6. The van der Waals surface area contributed by atoms with Crippen LogP contribution in [0.15, 0.2) is 10.6 Å². The molecular weight excluding hydrogens is 384 g/mol. The maximum absolute atomic E-state index is 6.43. The molecule has 162 valence electrons. The van der Waals surface area contributed by atoms with Crippen molar-refractivity contribution in [1.29, 1.82) is 0 Å². The SMILES string of the molecule is COC1CCC(c2cc([C@@H]3C4CC[C@H](C[C@@H]3C3CCC(Cl)CC3)N4C)on2)CC1. The second-order valence-electron chi connectivity index (χ2n) is 10.3. The fourth-order valence-electron chi connectivity index (χ4n) is 7.14. The number of likely N-dealkylation sites (N-methyl/N-ethyl adjacent to an activating group) is 1. The number of rotatable bonds is 4. The van der Waals surface area contributed by atoms with Crippen LogP contribution in [0.2, 0.25) is 0 Å². The minimum absolute atomic E-state index is 0.395. The molecule has 4 fully saturated rings. The zero-order valence-electron chi connectivity index (χ0n) is 18.1. The molecule has 0 N–H and O–H groups in total. The Balaban J connectivity index is 1.36. The van der Waals surface area contributed by atoms with Crippen molar-refractivity contribution in [3.8, 4) is 0 Å². The molecule has 0 spiro atoms. The maximum atomic E-state index is 6.43. The summed E-state index contributed by atoms with van der Waals surface area (Å²) in [6.07, 6.45) is 14.0. The summed E-state index contributed by atoms with van der Waals surface area (Å²) in [5.74, 6) is 3.76. The molecule has 2 aliphatic heterocycles. The molecule has 1 aromatic rings. The van der Waals surface area contributed by atoms with Gasteiger partial charge >= 0.3 is 0 Å². The first kappa shape index (κ1) is 20.3. The van der Waals surface area contributed by atoms with Gasteiger partial charge in [0.15, 0.2) is 0 Å². The molecule has 4 atom stereocenters. The van der Waals surface area contributed by atoms with Crippen molar-refractivity contribution in [3.05, 3.63) is 17.5 Å². The largest absolute Gasteiger partial charge is 0.381 e. The predicted molar refractivity (Wildman–Crippen MR) is 116 cm³/mol. The quantitative estimate of drug-likeness (QED) is 0.584. The lowest BCUT2D eigenvalue weighted by atomic mass is 9.67. The molecule has 2 bridgehead atoms. The molecule has 2 saturated heterocycles. The van der Waals surface area contributed by atoms with Gasteiger partial charge in [0.05, 0.1) is 11.8 Å². The summed E-state index contributed by atoms with van der Waals surface area (Å²) >= 11 is 6.43. The van der Waals surface area contributed by atoms with E-state index in [9.17, 15) is 0 Å². The van der Waals surface area contributed by atoms with Crippen molar-refractivity contribution >= 4 is 11.6 Å². The minimum Gasteiger partial charge on any atom is -0.381 e. The molecule has 4 aliphatic rings. The first-order valence-electron chi connectivity index (χ1n) is 12.0. The number of hydrogen-bond acceptors (Lipinski definition) is 4. The van der Waals surface area contributed by atoms with E-state index in [1.54, 1.807) is 0 Å². The third-order valence-electron chi connectivity index (χ3n) is 8.92. The Bertz CT molecular complexity index is 678. The average Bonchev–Trinajstić information content (AvgIpc) is 3.31. The molecule has 5 rings (SSSR count). The summed E-state index contributed by atoms with van der Waals surface area (Å²) in [7, 11) is 4.18. The predicted octanol–water partition coefficient (Wildman–Crippen LogP) is 5.71. The smallest absolute Gasteiger partial charge is 0.141 e. The molecule has 0 amide bonds. The van der Waals surface area contributed by atoms with Crippen LogP contribution in [0.4, 0.5) is 0 Å². The number of nitrogens with zero attached hydrogens (tertiary/aromatic N) is 2. The van der Waals surface area contributed by atoms with E-state index in [-0.39, 0.29) is 0 Å². The van der Waals surface area contributed by atoms with Gasteiger partial charge in [-0.05, 0) is 89.5 Å². The molecule has 2 saturated carbocycles. The van der Waals surface area contributed by atoms with Crippen molar-refractivity contribution < 1.29 is 9.26 Å². The molecule has 5 heteroatoms. The number of hydrogen-bond donors (Lipinski definition) is 0. The van der Waals surface area contributed by atoms with Crippen LogP contribution in [-0.4, -0.2) is 47.8 Å². The third-order valence-corrected chi connectivity index (χ3v) is 9.36. The molecule has 4 nitrogen and oxygen atoms in total. The Morgan fingerprint density at radius 1 is 1.03 bits per heavy atom. The summed E-state index contributed by atoms with van der Waals surface area (Å²) < 4.78 is 11.7. The highest BCUT2D eigenvalue weighted by molar-refractivity contribution is 6.20. The number of aromatic nitrogens is 1. The van der Waals surface area contributed by atoms with Crippen LogP contribution < -0.4 is 0 Å². The summed E-state index contributed by atoms with van der Waals surface area (Å²) in [6, 6.07) is 3.73. The number of piperidine rings is 1. The van der Waals surface area contributed by atoms with Gasteiger partial charge in [-0.1, -0.05) is 5.16 Å². The van der Waals surface area contributed by atoms with Gasteiger partial charge < -0.3 is 9.26 Å². The fraction of sp³-hybridized carbons (Fsp3) is 0.875. The van der Waals surface area contributed by atoms with Gasteiger partial charge in [-0.3, -0.25) is 4.90 Å². The van der Waals surface area contributed by atoms with Gasteiger partial charge in [0.25, 0.3) is 0 Å². The highest BCUT2D eigenvalue weighted by Crippen LogP contribution is 2.52. The monoisotopic (exact) mass is 420 g/mol. The number of alkyl halides is 1. The number of fused-ring (bicyclic) bond motifs is 2. The van der Waals surface area contributed by atoms with Gasteiger partial charge in [0.1, 0.15) is 5.76 Å². The standard InChI is InChI=1S/C24H37ClN2O2/c1-27-18-9-12-22(27)24(20(13-18)15-3-7-17(25)8-4-15)23-14-21(26-29-23)16-5-10-19(28-2)11-6-16/h14-20,22,24H,3-13H2,1-2H3/t15?,16?,17?,18-,19?,20-,22?,24+/m1/s1. The third kappa shape index (κ3) is 3.90. The van der Waals surface area contributed by atoms with Crippen LogP contribution in [0.5, 0.6) is 0 Å². The first-order valence-corrected chi connectivity index (χ1v) is 12.4. The van der Waals surface area contributed by atoms with E-state index in [4.69, 9.17) is 20.9 Å². The summed E-state index contributed by atoms with van der Waals surface area (Å²) in [5.41, 5.74) is 1.19. The number of methoxy groups -OCH3 is 1. The van der Waals surface area contributed by atoms with Crippen LogP contribution in [0.25, 0.3) is 0 Å². The van der Waals surface area contributed by atoms with Crippen LogP contribution in [0, 0.1) is 11.8 Å². The lowest BCUT2D eigenvalue weighted by molar-refractivity contribution is 0.0518. The average molecular weight is 421 g/mol. The van der Waals surface area contributed by atoms with Crippen molar-refractivity contribution in [3.63, 3.8) is 0 Å². The van der Waals surface area contributed by atoms with Gasteiger partial charge in [-0.25, -0.2) is 0 Å². The van der Waals surface area contributed by atoms with Crippen molar-refractivity contribution in [2.45, 2.75) is 106 Å². The lowest BCUT2D eigenvalue weighted by Gasteiger charge is -2.46. The van der Waals surface area contributed by atoms with Crippen molar-refractivity contribution in [2.24, 2.45) is 11.8 Å². The minimum atomic E-state index is 0.395. The zero-order chi connectivity index (χ0) is 20.0. The van der Waals surface area contributed by atoms with E-state index in [1.807, 2.05) is 7.11 Å². The van der Waals surface area contributed by atoms with Gasteiger partial charge in [0, 0.05) is 42.5 Å². The van der Waals surface area contributed by atoms with Crippen LogP contribution in [0.3, 0.4) is 0 Å². The Morgan fingerprint density at radius 2 is 1.79 bits per heavy atom. The summed E-state index contributed by atoms with van der Waals surface area (Å²) in [4.78, 5) is 2.65. The molecule has 0 radical (unpaired) electrons. The zero-order valence-corrected chi connectivity index (χ0v) is 18.8. The topological polar surface area (TPSA) is 38.5 Å². The Hall–Kier alpha value is -0.580. The van der Waals surface area contributed by atoms with Gasteiger partial charge in [-0.15, -0.1) is 11.6 Å². The van der Waals surface area contributed by atoms with Crippen molar-refractivity contribution in [2.75, 3.05) is 14.2 Å². The molecule has 0 aromatic carbocycles. The Labute approximate surface area is 180 Å². The van der Waals surface area contributed by atoms with Crippen LogP contribution in [0.1, 0.15) is 93.9 Å². The second-order valence-corrected chi connectivity index (χ2v) is 10.9. The Morgan fingerprint density at radius 3 is 2.52 bits per heavy atom. The van der Waals surface area contributed by atoms with E-state index in [0.717, 1.165) is 30.7 Å². The van der Waals surface area contributed by atoms with E-state index >= 15 is 0 Å². The molecule has 3 heterocycles. The van der Waals surface area contributed by atoms with Gasteiger partial charge in [-0.2, -0.15) is 0 Å². The fourth-order valence-corrected chi connectivity index (χ4v) is 7.40. The van der Waals surface area contributed by atoms with E-state index < -0.39 is 0 Å². The summed E-state index contributed by atoms with van der Waals surface area (Å²) in [5, 5.41) is 5.00. The maximum Gasteiger partial charge on any atom is 0.141 e. The highest BCUT2D eigenvalue weighted by Gasteiger charge is 2.50. The first-order chi connectivity index (χ1) is 14.1. The second kappa shape index (κ2) is 8.51. The summed E-state index contributed by atoms with van der Waals surface area (Å²) in [6.45, 7) is 0. The van der Waals surface area contributed by atoms with Gasteiger partial charge in [0.2, 0.25) is 0 Å². The number of halogens is 1. The number of ether oxygens (including phenoxy) is 1. The van der Waals surface area contributed by atoms with E-state index in [1.165, 1.54) is 69.2 Å². The van der Waals surface area contributed by atoms with Crippen LogP contribution >= 0.6 is 11.6 Å². The molecule has 1 aromatic heterocycles. The molecular formula is C24H37ClN2O2. The lowest BCUT2D eigenvalue weighted by Crippen LogP contribution is -2.47. The van der Waals surface area contributed by atoms with E-state index in [0.29, 0.717) is 29.4 Å². The van der Waals surface area contributed by atoms with Crippen molar-refractivity contribution in [1.82, 2.24) is 10.1 Å².